The third-order valence-corrected chi connectivity index (χ3v) is 6.39. The summed E-state index contributed by atoms with van der Waals surface area (Å²) in [6, 6.07) is 7.94. The lowest BCUT2D eigenvalue weighted by atomic mass is 9.90. The minimum Gasteiger partial charge on any atom is -0.374 e. The Labute approximate surface area is 146 Å². The van der Waals surface area contributed by atoms with Crippen molar-refractivity contribution < 1.29 is 14.3 Å². The van der Waals surface area contributed by atoms with Crippen LogP contribution in [-0.4, -0.2) is 47.3 Å². The van der Waals surface area contributed by atoms with Crippen LogP contribution in [0.4, 0.5) is 5.69 Å². The number of thioether (sulfide) groups is 1. The number of rotatable bonds is 2. The molecule has 2 aliphatic heterocycles. The summed E-state index contributed by atoms with van der Waals surface area (Å²) >= 11 is 1.50. The molecule has 0 unspecified atom stereocenters. The van der Waals surface area contributed by atoms with Crippen molar-refractivity contribution in [3.8, 4) is 0 Å². The van der Waals surface area contributed by atoms with Crippen molar-refractivity contribution in [1.82, 2.24) is 4.90 Å². The molecule has 0 bridgehead atoms. The number of ether oxygens (including phenoxy) is 1. The van der Waals surface area contributed by atoms with Crippen LogP contribution in [0.5, 0.6) is 0 Å². The normalized spacial score (nSPS) is 29.4. The molecule has 2 amide bonds. The van der Waals surface area contributed by atoms with Crippen LogP contribution < -0.4 is 5.32 Å². The van der Waals surface area contributed by atoms with E-state index >= 15 is 0 Å². The lowest BCUT2D eigenvalue weighted by Gasteiger charge is -2.44. The molecule has 128 valence electrons. The molecule has 1 aliphatic carbocycles. The predicted molar refractivity (Wildman–Crippen MR) is 93.0 cm³/mol. The van der Waals surface area contributed by atoms with Gasteiger partial charge in [0.25, 0.3) is 0 Å². The molecule has 6 heteroatoms. The Bertz CT molecular complexity index is 649. The van der Waals surface area contributed by atoms with Gasteiger partial charge in [-0.05, 0) is 25.0 Å². The second-order valence-corrected chi connectivity index (χ2v) is 7.89. The van der Waals surface area contributed by atoms with Crippen LogP contribution in [0.2, 0.25) is 0 Å². The number of anilines is 1. The topological polar surface area (TPSA) is 58.6 Å². The molecule has 24 heavy (non-hydrogen) atoms. The zero-order valence-corrected chi connectivity index (χ0v) is 14.4. The first-order valence-electron chi connectivity index (χ1n) is 8.70. The van der Waals surface area contributed by atoms with Crippen molar-refractivity contribution in [2.45, 2.75) is 54.4 Å². The lowest BCUT2D eigenvalue weighted by Crippen LogP contribution is -2.55. The summed E-state index contributed by atoms with van der Waals surface area (Å²) in [6.07, 6.45) is 4.84. The maximum absolute atomic E-state index is 12.9. The Balaban J connectivity index is 1.45. The van der Waals surface area contributed by atoms with Crippen LogP contribution in [0.1, 0.15) is 32.1 Å². The van der Waals surface area contributed by atoms with Crippen molar-refractivity contribution in [2.75, 3.05) is 18.5 Å². The van der Waals surface area contributed by atoms with Gasteiger partial charge in [0.15, 0.2) is 0 Å². The van der Waals surface area contributed by atoms with Crippen LogP contribution in [0.3, 0.4) is 0 Å². The number of morpholine rings is 1. The first-order valence-corrected chi connectivity index (χ1v) is 9.58. The van der Waals surface area contributed by atoms with Gasteiger partial charge >= 0.3 is 0 Å². The molecule has 3 atom stereocenters. The molecular formula is C18H22N2O3S. The van der Waals surface area contributed by atoms with Gasteiger partial charge in [-0.3, -0.25) is 9.59 Å². The molecule has 1 N–H and O–H groups in total. The molecule has 1 aromatic rings. The molecule has 1 aromatic carbocycles. The van der Waals surface area contributed by atoms with Gasteiger partial charge in [-0.15, -0.1) is 11.8 Å². The van der Waals surface area contributed by atoms with Gasteiger partial charge in [-0.1, -0.05) is 25.0 Å². The van der Waals surface area contributed by atoms with Crippen LogP contribution in [-0.2, 0) is 14.3 Å². The number of hydrogen-bond donors (Lipinski definition) is 1. The van der Waals surface area contributed by atoms with Gasteiger partial charge in [-0.2, -0.15) is 0 Å². The summed E-state index contributed by atoms with van der Waals surface area (Å²) in [4.78, 5) is 28.2. The number of carbonyl (C=O) groups is 2. The first kappa shape index (κ1) is 16.0. The molecule has 0 radical (unpaired) electrons. The quantitative estimate of drug-likeness (QED) is 0.894. The van der Waals surface area contributed by atoms with E-state index in [0.717, 1.165) is 29.8 Å². The number of fused-ring (bicyclic) bond motifs is 2. The summed E-state index contributed by atoms with van der Waals surface area (Å²) in [5.41, 5.74) is 0.843. The van der Waals surface area contributed by atoms with E-state index in [1.54, 1.807) is 0 Å². The molecule has 5 nitrogen and oxygen atoms in total. The van der Waals surface area contributed by atoms with Gasteiger partial charge in [0.05, 0.1) is 29.7 Å². The number of nitrogens with one attached hydrogen (secondary N) is 1. The highest BCUT2D eigenvalue weighted by molar-refractivity contribution is 8.01. The number of hydrogen-bond acceptors (Lipinski definition) is 4. The highest BCUT2D eigenvalue weighted by Gasteiger charge is 2.38. The third-order valence-electron chi connectivity index (χ3n) is 5.12. The molecule has 4 rings (SSSR count). The summed E-state index contributed by atoms with van der Waals surface area (Å²) in [7, 11) is 0. The Morgan fingerprint density at radius 1 is 1.29 bits per heavy atom. The summed E-state index contributed by atoms with van der Waals surface area (Å²) < 4.78 is 5.84. The van der Waals surface area contributed by atoms with E-state index in [0.29, 0.717) is 13.2 Å². The van der Waals surface area contributed by atoms with Crippen molar-refractivity contribution in [1.29, 1.82) is 0 Å². The molecule has 1 saturated carbocycles. The molecule has 2 heterocycles. The van der Waals surface area contributed by atoms with Crippen molar-refractivity contribution in [3.05, 3.63) is 24.3 Å². The van der Waals surface area contributed by atoms with Crippen LogP contribution in [0.25, 0.3) is 0 Å². The van der Waals surface area contributed by atoms with E-state index in [1.165, 1.54) is 18.2 Å². The number of benzene rings is 1. The fraction of sp³-hybridized carbons (Fsp3) is 0.556. The second kappa shape index (κ2) is 6.76. The molecule has 0 aromatic heterocycles. The molecule has 0 spiro atoms. The fourth-order valence-electron chi connectivity index (χ4n) is 3.91. The van der Waals surface area contributed by atoms with Crippen LogP contribution >= 0.6 is 11.8 Å². The Kier molecular flexibility index (Phi) is 4.50. The third kappa shape index (κ3) is 3.05. The van der Waals surface area contributed by atoms with E-state index < -0.39 is 0 Å². The van der Waals surface area contributed by atoms with E-state index in [9.17, 15) is 9.59 Å². The smallest absolute Gasteiger partial charge is 0.238 e. The summed E-state index contributed by atoms with van der Waals surface area (Å²) in [5, 5.41) is 2.57. The molecular weight excluding hydrogens is 324 g/mol. The lowest BCUT2D eigenvalue weighted by molar-refractivity contribution is -0.150. The first-order chi connectivity index (χ1) is 11.7. The van der Waals surface area contributed by atoms with Gasteiger partial charge in [-0.25, -0.2) is 0 Å². The summed E-state index contributed by atoms with van der Waals surface area (Å²) in [6.45, 7) is 1.26. The van der Waals surface area contributed by atoms with Gasteiger partial charge < -0.3 is 15.0 Å². The van der Waals surface area contributed by atoms with Crippen molar-refractivity contribution in [3.63, 3.8) is 0 Å². The number of para-hydroxylation sites is 1. The highest BCUT2D eigenvalue weighted by atomic mass is 32.2. The van der Waals surface area contributed by atoms with Crippen LogP contribution in [0, 0.1) is 0 Å². The number of nitrogens with zero attached hydrogens (tertiary/aromatic N) is 1. The van der Waals surface area contributed by atoms with E-state index in [4.69, 9.17) is 4.74 Å². The van der Waals surface area contributed by atoms with Gasteiger partial charge in [0.2, 0.25) is 11.8 Å². The average molecular weight is 346 g/mol. The molecule has 3 aliphatic rings. The fourth-order valence-corrected chi connectivity index (χ4v) is 5.01. The highest BCUT2D eigenvalue weighted by Crippen LogP contribution is 2.37. The zero-order chi connectivity index (χ0) is 16.5. The largest absolute Gasteiger partial charge is 0.374 e. The van der Waals surface area contributed by atoms with Gasteiger partial charge in [0.1, 0.15) is 0 Å². The van der Waals surface area contributed by atoms with Crippen LogP contribution in [0.15, 0.2) is 29.2 Å². The van der Waals surface area contributed by atoms with Crippen molar-refractivity contribution >= 4 is 29.3 Å². The Hall–Kier alpha value is -1.53. The standard InChI is InChI=1S/C18H22N2O3S/c21-17(20-9-10-23-14-7-3-2-6-13(14)20)11-16-18(22)19-12-5-1-4-8-15(12)24-16/h1,4-5,8,13-14,16H,2-3,6-7,9-11H2,(H,19,22)/t13-,14-,16+/m0/s1. The Morgan fingerprint density at radius 2 is 2.12 bits per heavy atom. The predicted octanol–water partition coefficient (Wildman–Crippen LogP) is 2.66. The Morgan fingerprint density at radius 3 is 3.04 bits per heavy atom. The number of carbonyl (C=O) groups excluding carboxylic acids is 2. The maximum Gasteiger partial charge on any atom is 0.238 e. The minimum atomic E-state index is -0.350. The average Bonchev–Trinajstić information content (AvgIpc) is 2.62. The second-order valence-electron chi connectivity index (χ2n) is 6.64. The monoisotopic (exact) mass is 346 g/mol. The number of amides is 2. The maximum atomic E-state index is 12.9. The van der Waals surface area contributed by atoms with Crippen molar-refractivity contribution in [2.24, 2.45) is 0 Å². The minimum absolute atomic E-state index is 0.0690. The summed E-state index contributed by atoms with van der Waals surface area (Å²) in [5.74, 6) is 0.0164. The molecule has 1 saturated heterocycles. The van der Waals surface area contributed by atoms with E-state index in [-0.39, 0.29) is 35.6 Å². The van der Waals surface area contributed by atoms with E-state index in [1.807, 2.05) is 29.2 Å². The zero-order valence-electron chi connectivity index (χ0n) is 13.6. The van der Waals surface area contributed by atoms with E-state index in [2.05, 4.69) is 5.32 Å². The molecule has 2 fully saturated rings. The SMILES string of the molecule is O=C1Nc2ccccc2S[C@@H]1CC(=O)N1CCO[C@H]2CCCC[C@@H]21. The van der Waals surface area contributed by atoms with Gasteiger partial charge in [0, 0.05) is 17.9 Å².